The van der Waals surface area contributed by atoms with E-state index in [9.17, 15) is 20.1 Å². The van der Waals surface area contributed by atoms with Crippen LogP contribution in [-0.2, 0) is 6.42 Å². The standard InChI is InChI=1S/C21H22O4/c1-13(2)4-7-16-20(24)11-8-17(21(16)25)19(23)10-6-15-5-9-18(22)14(3)12-15/h4-6,8-12,22,24-25H,7H2,1-3H3/b10-6+. The van der Waals surface area contributed by atoms with E-state index in [1.165, 1.54) is 18.2 Å². The van der Waals surface area contributed by atoms with Gasteiger partial charge in [0.05, 0.1) is 5.56 Å². The van der Waals surface area contributed by atoms with Crippen LogP contribution in [0.15, 0.2) is 48.1 Å². The Balaban J connectivity index is 2.29. The van der Waals surface area contributed by atoms with Gasteiger partial charge in [-0.3, -0.25) is 4.79 Å². The zero-order valence-corrected chi connectivity index (χ0v) is 14.6. The molecule has 0 radical (unpaired) electrons. The van der Waals surface area contributed by atoms with E-state index in [0.29, 0.717) is 17.5 Å². The predicted molar refractivity (Wildman–Crippen MR) is 99.1 cm³/mol. The number of carbonyl (C=O) groups is 1. The Hall–Kier alpha value is -3.01. The summed E-state index contributed by atoms with van der Waals surface area (Å²) >= 11 is 0. The molecule has 0 aliphatic carbocycles. The molecule has 2 rings (SSSR count). The fraction of sp³-hybridized carbons (Fsp3) is 0.190. The van der Waals surface area contributed by atoms with Crippen LogP contribution in [0.1, 0.15) is 40.9 Å². The van der Waals surface area contributed by atoms with Crippen molar-refractivity contribution in [2.24, 2.45) is 0 Å². The maximum absolute atomic E-state index is 12.4. The first-order valence-electron chi connectivity index (χ1n) is 7.98. The Labute approximate surface area is 147 Å². The molecule has 3 N–H and O–H groups in total. The van der Waals surface area contributed by atoms with Gasteiger partial charge in [0.15, 0.2) is 5.78 Å². The van der Waals surface area contributed by atoms with E-state index in [2.05, 4.69) is 0 Å². The number of carbonyl (C=O) groups excluding carboxylic acids is 1. The lowest BCUT2D eigenvalue weighted by atomic mass is 10.0. The monoisotopic (exact) mass is 338 g/mol. The summed E-state index contributed by atoms with van der Waals surface area (Å²) in [5.74, 6) is -0.399. The van der Waals surface area contributed by atoms with Gasteiger partial charge in [0.1, 0.15) is 17.2 Å². The number of hydrogen-bond donors (Lipinski definition) is 3. The SMILES string of the molecule is CC(C)=CCc1c(O)ccc(C(=O)/C=C/c2ccc(O)c(C)c2)c1O. The van der Waals surface area contributed by atoms with Crippen LogP contribution in [-0.4, -0.2) is 21.1 Å². The Morgan fingerprint density at radius 2 is 1.72 bits per heavy atom. The zero-order valence-electron chi connectivity index (χ0n) is 14.6. The van der Waals surface area contributed by atoms with Crippen molar-refractivity contribution in [1.82, 2.24) is 0 Å². The minimum atomic E-state index is -0.360. The molecule has 0 saturated heterocycles. The molecule has 0 aliphatic rings. The Bertz CT molecular complexity index is 856. The van der Waals surface area contributed by atoms with Crippen LogP contribution in [0.5, 0.6) is 17.2 Å². The smallest absolute Gasteiger partial charge is 0.189 e. The first kappa shape index (κ1) is 18.3. The van der Waals surface area contributed by atoms with Gasteiger partial charge in [-0.1, -0.05) is 23.8 Å². The highest BCUT2D eigenvalue weighted by Gasteiger charge is 2.15. The second-order valence-corrected chi connectivity index (χ2v) is 6.19. The molecule has 0 saturated carbocycles. The molecule has 0 heterocycles. The number of aromatic hydroxyl groups is 3. The lowest BCUT2D eigenvalue weighted by Gasteiger charge is -2.09. The maximum atomic E-state index is 12.4. The summed E-state index contributed by atoms with van der Waals surface area (Å²) in [5.41, 5.74) is 3.01. The van der Waals surface area contributed by atoms with Gasteiger partial charge in [-0.15, -0.1) is 0 Å². The van der Waals surface area contributed by atoms with E-state index in [1.807, 2.05) is 19.9 Å². The molecule has 0 unspecified atom stereocenters. The van der Waals surface area contributed by atoms with Crippen molar-refractivity contribution in [3.8, 4) is 17.2 Å². The summed E-state index contributed by atoms with van der Waals surface area (Å²) in [6.07, 6.45) is 5.21. The molecule has 0 spiro atoms. The molecule has 0 bridgehead atoms. The Morgan fingerprint density at radius 1 is 1.04 bits per heavy atom. The summed E-state index contributed by atoms with van der Waals surface area (Å²) in [6, 6.07) is 7.85. The van der Waals surface area contributed by atoms with E-state index in [0.717, 1.165) is 11.1 Å². The third-order valence-corrected chi connectivity index (χ3v) is 3.89. The molecule has 130 valence electrons. The van der Waals surface area contributed by atoms with Crippen LogP contribution in [0.3, 0.4) is 0 Å². The van der Waals surface area contributed by atoms with Crippen molar-refractivity contribution < 1.29 is 20.1 Å². The molecule has 25 heavy (non-hydrogen) atoms. The molecule has 0 aliphatic heterocycles. The molecule has 4 heteroatoms. The highest BCUT2D eigenvalue weighted by atomic mass is 16.3. The van der Waals surface area contributed by atoms with E-state index in [1.54, 1.807) is 31.2 Å². The number of rotatable bonds is 5. The summed E-state index contributed by atoms with van der Waals surface area (Å²) in [4.78, 5) is 12.4. The molecule has 0 amide bonds. The molecular weight excluding hydrogens is 316 g/mol. The van der Waals surface area contributed by atoms with Gasteiger partial charge < -0.3 is 15.3 Å². The van der Waals surface area contributed by atoms with Crippen LogP contribution in [0.25, 0.3) is 6.08 Å². The van der Waals surface area contributed by atoms with Crippen molar-refractivity contribution in [1.29, 1.82) is 0 Å². The average Bonchev–Trinajstić information content (AvgIpc) is 2.55. The quantitative estimate of drug-likeness (QED) is 0.426. The summed E-state index contributed by atoms with van der Waals surface area (Å²) in [6.45, 7) is 5.62. The fourth-order valence-electron chi connectivity index (χ4n) is 2.38. The van der Waals surface area contributed by atoms with Crippen LogP contribution in [0, 0.1) is 6.92 Å². The van der Waals surface area contributed by atoms with Gasteiger partial charge in [-0.25, -0.2) is 0 Å². The van der Waals surface area contributed by atoms with E-state index in [4.69, 9.17) is 0 Å². The summed E-state index contributed by atoms with van der Waals surface area (Å²) < 4.78 is 0. The van der Waals surface area contributed by atoms with E-state index in [-0.39, 0.29) is 28.6 Å². The highest BCUT2D eigenvalue weighted by Crippen LogP contribution is 2.32. The van der Waals surface area contributed by atoms with Crippen LogP contribution in [0.4, 0.5) is 0 Å². The zero-order chi connectivity index (χ0) is 18.6. The van der Waals surface area contributed by atoms with Crippen LogP contribution >= 0.6 is 0 Å². The van der Waals surface area contributed by atoms with Crippen LogP contribution < -0.4 is 0 Å². The van der Waals surface area contributed by atoms with Gasteiger partial charge in [0.25, 0.3) is 0 Å². The number of allylic oxidation sites excluding steroid dienone is 3. The van der Waals surface area contributed by atoms with Gasteiger partial charge in [0, 0.05) is 5.56 Å². The fourth-order valence-corrected chi connectivity index (χ4v) is 2.38. The molecule has 4 nitrogen and oxygen atoms in total. The number of aryl methyl sites for hydroxylation is 1. The van der Waals surface area contributed by atoms with Crippen LogP contribution in [0.2, 0.25) is 0 Å². The second-order valence-electron chi connectivity index (χ2n) is 6.19. The normalized spacial score (nSPS) is 10.8. The van der Waals surface area contributed by atoms with Gasteiger partial charge in [-0.05, 0) is 68.7 Å². The molecule has 0 atom stereocenters. The predicted octanol–water partition coefficient (Wildman–Crippen LogP) is 4.52. The third kappa shape index (κ3) is 4.51. The van der Waals surface area contributed by atoms with Gasteiger partial charge >= 0.3 is 0 Å². The van der Waals surface area contributed by atoms with Crippen molar-refractivity contribution in [3.63, 3.8) is 0 Å². The Morgan fingerprint density at radius 3 is 2.36 bits per heavy atom. The van der Waals surface area contributed by atoms with Crippen molar-refractivity contribution in [2.75, 3.05) is 0 Å². The van der Waals surface area contributed by atoms with Crippen molar-refractivity contribution >= 4 is 11.9 Å². The number of hydrogen-bond acceptors (Lipinski definition) is 4. The molecule has 0 fully saturated rings. The summed E-state index contributed by atoms with van der Waals surface area (Å²) in [7, 11) is 0. The van der Waals surface area contributed by atoms with E-state index < -0.39 is 0 Å². The maximum Gasteiger partial charge on any atom is 0.189 e. The largest absolute Gasteiger partial charge is 0.508 e. The second kappa shape index (κ2) is 7.71. The van der Waals surface area contributed by atoms with E-state index >= 15 is 0 Å². The molecular formula is C21H22O4. The van der Waals surface area contributed by atoms with Gasteiger partial charge in [-0.2, -0.15) is 0 Å². The Kier molecular flexibility index (Phi) is 5.65. The third-order valence-electron chi connectivity index (χ3n) is 3.89. The topological polar surface area (TPSA) is 77.8 Å². The number of phenols is 3. The average molecular weight is 338 g/mol. The molecule has 0 aromatic heterocycles. The van der Waals surface area contributed by atoms with Crippen molar-refractivity contribution in [2.45, 2.75) is 27.2 Å². The minimum Gasteiger partial charge on any atom is -0.508 e. The minimum absolute atomic E-state index is 0.0373. The first-order chi connectivity index (χ1) is 11.8. The lowest BCUT2D eigenvalue weighted by Crippen LogP contribution is -1.98. The molecule has 2 aromatic rings. The first-order valence-corrected chi connectivity index (χ1v) is 7.98. The highest BCUT2D eigenvalue weighted by molar-refractivity contribution is 6.09. The van der Waals surface area contributed by atoms with Gasteiger partial charge in [0.2, 0.25) is 0 Å². The number of ketones is 1. The lowest BCUT2D eigenvalue weighted by molar-refractivity contribution is 0.104. The number of phenolic OH excluding ortho intramolecular Hbond substituents is 3. The summed E-state index contributed by atoms with van der Waals surface area (Å²) in [5, 5.41) is 29.8. The molecule has 2 aromatic carbocycles. The number of benzene rings is 2. The van der Waals surface area contributed by atoms with Crippen molar-refractivity contribution in [3.05, 3.63) is 70.3 Å².